The molecule has 1 aromatic rings. The lowest BCUT2D eigenvalue weighted by Gasteiger charge is -2.39. The first-order chi connectivity index (χ1) is 8.16. The first-order valence-electron chi connectivity index (χ1n) is 5.95. The zero-order chi connectivity index (χ0) is 11.9. The normalized spacial score (nSPS) is 20.6. The van der Waals surface area contributed by atoms with Gasteiger partial charge in [0.05, 0.1) is 18.8 Å². The van der Waals surface area contributed by atoms with Gasteiger partial charge in [-0.2, -0.15) is 0 Å². The number of ether oxygens (including phenoxy) is 2. The van der Waals surface area contributed by atoms with E-state index in [2.05, 4.69) is 12.2 Å². The first kappa shape index (κ1) is 11.3. The van der Waals surface area contributed by atoms with Gasteiger partial charge < -0.3 is 14.8 Å². The Morgan fingerprint density at radius 3 is 3.00 bits per heavy atom. The van der Waals surface area contributed by atoms with Gasteiger partial charge in [-0.15, -0.1) is 0 Å². The maximum Gasteiger partial charge on any atom is 0.128 e. The lowest BCUT2D eigenvalue weighted by molar-refractivity contribution is -0.0771. The second-order valence-electron chi connectivity index (χ2n) is 4.99. The van der Waals surface area contributed by atoms with Crippen molar-refractivity contribution in [3.63, 3.8) is 0 Å². The lowest BCUT2D eigenvalue weighted by Crippen LogP contribution is -2.58. The molecule has 1 N–H and O–H groups in total. The van der Waals surface area contributed by atoms with Gasteiger partial charge in [0.2, 0.25) is 0 Å². The van der Waals surface area contributed by atoms with Crippen LogP contribution in [0.2, 0.25) is 5.02 Å². The Morgan fingerprint density at radius 1 is 1.47 bits per heavy atom. The van der Waals surface area contributed by atoms with Crippen LogP contribution in [0.3, 0.4) is 0 Å². The molecular weight excluding hydrogens is 238 g/mol. The van der Waals surface area contributed by atoms with E-state index in [0.717, 1.165) is 42.5 Å². The molecule has 0 spiro atoms. The fourth-order valence-electron chi connectivity index (χ4n) is 2.28. The summed E-state index contributed by atoms with van der Waals surface area (Å²) in [6, 6.07) is 3.93. The highest BCUT2D eigenvalue weighted by atomic mass is 35.5. The van der Waals surface area contributed by atoms with Crippen molar-refractivity contribution in [1.82, 2.24) is 5.32 Å². The Kier molecular flexibility index (Phi) is 2.77. The molecule has 3 rings (SSSR count). The topological polar surface area (TPSA) is 30.5 Å². The number of halogens is 1. The minimum Gasteiger partial charge on any atom is -0.493 e. The summed E-state index contributed by atoms with van der Waals surface area (Å²) >= 11 is 6.10. The number of benzene rings is 1. The van der Waals surface area contributed by atoms with Crippen molar-refractivity contribution in [2.45, 2.75) is 25.6 Å². The highest BCUT2D eigenvalue weighted by molar-refractivity contribution is 6.30. The van der Waals surface area contributed by atoms with Crippen LogP contribution in [0.4, 0.5) is 0 Å². The largest absolute Gasteiger partial charge is 0.493 e. The fourth-order valence-corrected chi connectivity index (χ4v) is 2.55. The number of nitrogens with one attached hydrogen (secondary N) is 1. The molecule has 0 saturated carbocycles. The van der Waals surface area contributed by atoms with Crippen molar-refractivity contribution < 1.29 is 9.47 Å². The standard InChI is InChI=1S/C13H16ClNO2/c1-13(7-15-8-13)17-6-10-5-11(14)4-9-2-3-16-12(9)10/h4-5,15H,2-3,6-8H2,1H3. The molecule has 1 fully saturated rings. The van der Waals surface area contributed by atoms with E-state index in [0.29, 0.717) is 6.61 Å². The molecule has 0 atom stereocenters. The molecule has 92 valence electrons. The van der Waals surface area contributed by atoms with Crippen LogP contribution in [0.15, 0.2) is 12.1 Å². The molecule has 1 saturated heterocycles. The summed E-state index contributed by atoms with van der Waals surface area (Å²) in [7, 11) is 0. The Hall–Kier alpha value is -0.770. The molecule has 1 aromatic carbocycles. The van der Waals surface area contributed by atoms with E-state index in [1.165, 1.54) is 5.56 Å². The Balaban J connectivity index is 1.78. The van der Waals surface area contributed by atoms with Crippen LogP contribution >= 0.6 is 11.6 Å². The van der Waals surface area contributed by atoms with Crippen molar-refractivity contribution in [2.24, 2.45) is 0 Å². The third kappa shape index (κ3) is 2.15. The quantitative estimate of drug-likeness (QED) is 0.896. The summed E-state index contributed by atoms with van der Waals surface area (Å²) in [6.45, 7) is 5.27. The zero-order valence-corrected chi connectivity index (χ0v) is 10.6. The number of hydrogen-bond acceptors (Lipinski definition) is 3. The highest BCUT2D eigenvalue weighted by Gasteiger charge is 2.33. The van der Waals surface area contributed by atoms with Gasteiger partial charge in [0.1, 0.15) is 5.75 Å². The zero-order valence-electron chi connectivity index (χ0n) is 9.88. The van der Waals surface area contributed by atoms with Crippen molar-refractivity contribution >= 4 is 11.6 Å². The SMILES string of the molecule is CC1(OCc2cc(Cl)cc3c2OCC3)CNC1. The van der Waals surface area contributed by atoms with Crippen LogP contribution in [-0.4, -0.2) is 25.3 Å². The summed E-state index contributed by atoms with van der Waals surface area (Å²) in [6.07, 6.45) is 0.946. The highest BCUT2D eigenvalue weighted by Crippen LogP contribution is 2.34. The van der Waals surface area contributed by atoms with Crippen molar-refractivity contribution in [3.05, 3.63) is 28.3 Å². The molecule has 0 radical (unpaired) electrons. The summed E-state index contributed by atoms with van der Waals surface area (Å²) in [4.78, 5) is 0. The second-order valence-corrected chi connectivity index (χ2v) is 5.43. The van der Waals surface area contributed by atoms with E-state index in [9.17, 15) is 0 Å². The third-order valence-electron chi connectivity index (χ3n) is 3.40. The molecule has 3 nitrogen and oxygen atoms in total. The van der Waals surface area contributed by atoms with E-state index >= 15 is 0 Å². The summed E-state index contributed by atoms with van der Waals surface area (Å²) in [5.41, 5.74) is 2.24. The van der Waals surface area contributed by atoms with Crippen molar-refractivity contribution in [1.29, 1.82) is 0 Å². The fraction of sp³-hybridized carbons (Fsp3) is 0.538. The van der Waals surface area contributed by atoms with Crippen molar-refractivity contribution in [3.8, 4) is 5.75 Å². The average molecular weight is 254 g/mol. The van der Waals surface area contributed by atoms with E-state index in [1.807, 2.05) is 12.1 Å². The molecule has 2 heterocycles. The molecule has 17 heavy (non-hydrogen) atoms. The minimum absolute atomic E-state index is 0.0339. The van der Waals surface area contributed by atoms with Gasteiger partial charge in [0, 0.05) is 30.1 Å². The van der Waals surface area contributed by atoms with Crippen LogP contribution < -0.4 is 10.1 Å². The van der Waals surface area contributed by atoms with Crippen molar-refractivity contribution in [2.75, 3.05) is 19.7 Å². The Morgan fingerprint density at radius 2 is 2.29 bits per heavy atom. The van der Waals surface area contributed by atoms with E-state index in [-0.39, 0.29) is 5.60 Å². The molecule has 0 aliphatic carbocycles. The number of fused-ring (bicyclic) bond motifs is 1. The minimum atomic E-state index is -0.0339. The van der Waals surface area contributed by atoms with Gasteiger partial charge in [-0.25, -0.2) is 0 Å². The molecular formula is C13H16ClNO2. The molecule has 4 heteroatoms. The average Bonchev–Trinajstić information content (AvgIpc) is 2.71. The van der Waals surface area contributed by atoms with E-state index in [1.54, 1.807) is 0 Å². The lowest BCUT2D eigenvalue weighted by atomic mass is 10.00. The van der Waals surface area contributed by atoms with Crippen LogP contribution in [0.1, 0.15) is 18.1 Å². The summed E-state index contributed by atoms with van der Waals surface area (Å²) in [5, 5.41) is 3.99. The van der Waals surface area contributed by atoms with Gasteiger partial charge in [-0.1, -0.05) is 11.6 Å². The van der Waals surface area contributed by atoms with Gasteiger partial charge >= 0.3 is 0 Å². The molecule has 0 bridgehead atoms. The maximum absolute atomic E-state index is 6.10. The molecule has 0 unspecified atom stereocenters. The monoisotopic (exact) mass is 253 g/mol. The summed E-state index contributed by atoms with van der Waals surface area (Å²) in [5.74, 6) is 0.977. The molecule has 0 aromatic heterocycles. The van der Waals surface area contributed by atoms with Gasteiger partial charge in [-0.05, 0) is 24.6 Å². The second kappa shape index (κ2) is 4.16. The van der Waals surface area contributed by atoms with E-state index < -0.39 is 0 Å². The van der Waals surface area contributed by atoms with Gasteiger partial charge in [0.15, 0.2) is 0 Å². The van der Waals surface area contributed by atoms with Gasteiger partial charge in [-0.3, -0.25) is 0 Å². The van der Waals surface area contributed by atoms with Crippen LogP contribution in [0, 0.1) is 0 Å². The Labute approximate surface area is 106 Å². The van der Waals surface area contributed by atoms with Crippen LogP contribution in [0.25, 0.3) is 0 Å². The van der Waals surface area contributed by atoms with Crippen LogP contribution in [0.5, 0.6) is 5.75 Å². The summed E-state index contributed by atoms with van der Waals surface area (Å²) < 4.78 is 11.6. The number of rotatable bonds is 3. The van der Waals surface area contributed by atoms with Gasteiger partial charge in [0.25, 0.3) is 0 Å². The molecule has 0 amide bonds. The number of hydrogen-bond donors (Lipinski definition) is 1. The van der Waals surface area contributed by atoms with E-state index in [4.69, 9.17) is 21.1 Å². The predicted molar refractivity (Wildman–Crippen MR) is 66.7 cm³/mol. The smallest absolute Gasteiger partial charge is 0.128 e. The maximum atomic E-state index is 6.10. The molecule has 2 aliphatic heterocycles. The Bertz CT molecular complexity index is 443. The van der Waals surface area contributed by atoms with Crippen LogP contribution in [-0.2, 0) is 17.8 Å². The first-order valence-corrected chi connectivity index (χ1v) is 6.33. The third-order valence-corrected chi connectivity index (χ3v) is 3.62. The molecule has 2 aliphatic rings. The predicted octanol–water partition coefficient (Wildman–Crippen LogP) is 2.15.